The minimum absolute atomic E-state index is 0.169. The fourth-order valence-electron chi connectivity index (χ4n) is 2.31. The third kappa shape index (κ3) is 2.30. The largest absolute Gasteiger partial charge is 0.505 e. The van der Waals surface area contributed by atoms with Gasteiger partial charge in [-0.15, -0.1) is 0 Å². The molecule has 2 aromatic rings. The maximum absolute atomic E-state index is 10.4. The number of rotatable bonds is 3. The summed E-state index contributed by atoms with van der Waals surface area (Å²) in [5.41, 5.74) is 6.33. The summed E-state index contributed by atoms with van der Waals surface area (Å²) in [6.45, 7) is -0.409. The molecule has 118 valence electrons. The molecule has 0 saturated carbocycles. The molecule has 4 atom stereocenters. The third-order valence-corrected chi connectivity index (χ3v) is 3.37. The minimum Gasteiger partial charge on any atom is -0.450 e. The maximum Gasteiger partial charge on any atom is 0.505 e. The Morgan fingerprint density at radius 3 is 2.86 bits per heavy atom. The molecule has 0 aliphatic carbocycles. The van der Waals surface area contributed by atoms with Crippen molar-refractivity contribution < 1.29 is 29.6 Å². The van der Waals surface area contributed by atoms with Gasteiger partial charge in [-0.3, -0.25) is 4.57 Å². The molecule has 0 amide bonds. The zero-order valence-electron chi connectivity index (χ0n) is 11.1. The summed E-state index contributed by atoms with van der Waals surface area (Å²) in [6, 6.07) is 0. The zero-order chi connectivity index (χ0) is 15.9. The van der Waals surface area contributed by atoms with Crippen LogP contribution in [0.1, 0.15) is 6.23 Å². The van der Waals surface area contributed by atoms with Crippen LogP contribution in [0.3, 0.4) is 0 Å². The van der Waals surface area contributed by atoms with E-state index < -0.39 is 37.3 Å². The lowest BCUT2D eigenvalue weighted by Crippen LogP contribution is -2.34. The molecule has 1 aliphatic rings. The Morgan fingerprint density at radius 1 is 1.36 bits per heavy atom. The quantitative estimate of drug-likeness (QED) is 0.501. The van der Waals surface area contributed by atoms with Gasteiger partial charge in [0.15, 0.2) is 17.7 Å². The molecule has 1 aliphatic heterocycles. The summed E-state index contributed by atoms with van der Waals surface area (Å²) in [4.78, 5) is 22.2. The van der Waals surface area contributed by atoms with Crippen LogP contribution >= 0.6 is 0 Å². The lowest BCUT2D eigenvalue weighted by atomic mass is 10.1. The van der Waals surface area contributed by atoms with Gasteiger partial charge in [-0.25, -0.2) is 19.7 Å². The molecule has 0 radical (unpaired) electrons. The molecule has 1 saturated heterocycles. The van der Waals surface area contributed by atoms with Crippen LogP contribution in [0.2, 0.25) is 0 Å². The van der Waals surface area contributed by atoms with Crippen LogP contribution in [0.4, 0.5) is 10.6 Å². The summed E-state index contributed by atoms with van der Waals surface area (Å²) in [7, 11) is 0. The van der Waals surface area contributed by atoms with Gasteiger partial charge in [0, 0.05) is 0 Å². The van der Waals surface area contributed by atoms with Gasteiger partial charge < -0.3 is 30.5 Å². The second-order valence-electron chi connectivity index (χ2n) is 4.71. The van der Waals surface area contributed by atoms with Gasteiger partial charge >= 0.3 is 6.16 Å². The molecule has 11 nitrogen and oxygen atoms in total. The van der Waals surface area contributed by atoms with E-state index >= 15 is 0 Å². The average Bonchev–Trinajstić information content (AvgIpc) is 3.01. The normalized spacial score (nSPS) is 28.1. The van der Waals surface area contributed by atoms with Crippen molar-refractivity contribution in [1.29, 1.82) is 0 Å². The standard InChI is InChI=1S/C11H13N5O6/c12-8-5-9(14-2-13-8)16(3-15-5)10-7(18)6(17)4(22-10)1-21-11(19)20/h2-4,6-7,10,17-18H,1H2,(H,19,20)(H2,12,13,14)/t4-,6-,7-,10-/m1/s1. The molecular weight excluding hydrogens is 298 g/mol. The third-order valence-electron chi connectivity index (χ3n) is 3.37. The Labute approximate surface area is 122 Å². The van der Waals surface area contributed by atoms with E-state index in [1.807, 2.05) is 0 Å². The van der Waals surface area contributed by atoms with Gasteiger partial charge in [-0.05, 0) is 0 Å². The van der Waals surface area contributed by atoms with Crippen molar-refractivity contribution in [1.82, 2.24) is 19.5 Å². The van der Waals surface area contributed by atoms with Gasteiger partial charge in [-0.2, -0.15) is 0 Å². The Morgan fingerprint density at radius 2 is 2.14 bits per heavy atom. The number of hydrogen-bond donors (Lipinski definition) is 4. The summed E-state index contributed by atoms with van der Waals surface area (Å²) in [5, 5.41) is 28.5. The number of nitrogens with two attached hydrogens (primary N) is 1. The van der Waals surface area contributed by atoms with E-state index in [9.17, 15) is 15.0 Å². The lowest BCUT2D eigenvalue weighted by molar-refractivity contribution is -0.0579. The van der Waals surface area contributed by atoms with E-state index in [0.29, 0.717) is 11.2 Å². The number of nitrogens with zero attached hydrogens (tertiary/aromatic N) is 4. The monoisotopic (exact) mass is 311 g/mol. The fourth-order valence-corrected chi connectivity index (χ4v) is 2.31. The number of aliphatic hydroxyl groups is 2. The number of carboxylic acid groups (broad SMARTS) is 1. The number of ether oxygens (including phenoxy) is 2. The molecule has 1 fully saturated rings. The van der Waals surface area contributed by atoms with Crippen molar-refractivity contribution in [2.75, 3.05) is 12.3 Å². The lowest BCUT2D eigenvalue weighted by Gasteiger charge is -2.16. The molecular formula is C11H13N5O6. The Kier molecular flexibility index (Phi) is 3.52. The predicted molar refractivity (Wildman–Crippen MR) is 69.6 cm³/mol. The second-order valence-corrected chi connectivity index (χ2v) is 4.71. The van der Waals surface area contributed by atoms with Crippen molar-refractivity contribution in [2.45, 2.75) is 24.5 Å². The highest BCUT2D eigenvalue weighted by atomic mass is 16.7. The Balaban J connectivity index is 1.87. The summed E-state index contributed by atoms with van der Waals surface area (Å²) >= 11 is 0. The summed E-state index contributed by atoms with van der Waals surface area (Å²) < 4.78 is 11.2. The number of carbonyl (C=O) groups is 1. The van der Waals surface area contributed by atoms with E-state index in [2.05, 4.69) is 19.7 Å². The van der Waals surface area contributed by atoms with Crippen molar-refractivity contribution >= 4 is 23.1 Å². The van der Waals surface area contributed by atoms with E-state index in [0.717, 1.165) is 0 Å². The molecule has 0 aromatic carbocycles. The second kappa shape index (κ2) is 5.36. The Bertz CT molecular complexity index is 705. The van der Waals surface area contributed by atoms with E-state index in [-0.39, 0.29) is 5.82 Å². The predicted octanol–water partition coefficient (Wildman–Crippen LogP) is -1.28. The number of aliphatic hydroxyl groups excluding tert-OH is 2. The molecule has 5 N–H and O–H groups in total. The van der Waals surface area contributed by atoms with Gasteiger partial charge in [0.25, 0.3) is 0 Å². The number of hydrogen-bond acceptors (Lipinski definition) is 9. The molecule has 0 spiro atoms. The molecule has 0 bridgehead atoms. The van der Waals surface area contributed by atoms with Crippen LogP contribution in [-0.2, 0) is 9.47 Å². The number of aromatic nitrogens is 4. The average molecular weight is 311 g/mol. The molecule has 22 heavy (non-hydrogen) atoms. The van der Waals surface area contributed by atoms with Crippen LogP contribution in [0.5, 0.6) is 0 Å². The topological polar surface area (TPSA) is 166 Å². The minimum atomic E-state index is -1.50. The van der Waals surface area contributed by atoms with Gasteiger partial charge in [0.1, 0.15) is 36.8 Å². The highest BCUT2D eigenvalue weighted by Gasteiger charge is 2.44. The first-order valence-electron chi connectivity index (χ1n) is 6.29. The number of nitrogen functional groups attached to an aromatic ring is 1. The number of fused-ring (bicyclic) bond motifs is 1. The van der Waals surface area contributed by atoms with Crippen molar-refractivity contribution in [3.05, 3.63) is 12.7 Å². The van der Waals surface area contributed by atoms with Crippen LogP contribution in [0.15, 0.2) is 12.7 Å². The van der Waals surface area contributed by atoms with Crippen LogP contribution in [-0.4, -0.2) is 65.9 Å². The molecule has 2 aromatic heterocycles. The van der Waals surface area contributed by atoms with Crippen LogP contribution in [0.25, 0.3) is 11.2 Å². The van der Waals surface area contributed by atoms with Crippen molar-refractivity contribution in [3.8, 4) is 0 Å². The summed E-state index contributed by atoms with van der Waals surface area (Å²) in [5.74, 6) is 0.169. The Hall–Kier alpha value is -2.50. The smallest absolute Gasteiger partial charge is 0.450 e. The first kappa shape index (κ1) is 14.4. The van der Waals surface area contributed by atoms with Gasteiger partial charge in [0.2, 0.25) is 0 Å². The summed E-state index contributed by atoms with van der Waals surface area (Å²) in [6.07, 6.45) is -3.56. The molecule has 3 heterocycles. The van der Waals surface area contributed by atoms with Crippen LogP contribution < -0.4 is 5.73 Å². The van der Waals surface area contributed by atoms with Crippen molar-refractivity contribution in [2.24, 2.45) is 0 Å². The van der Waals surface area contributed by atoms with Crippen LogP contribution in [0, 0.1) is 0 Å². The van der Waals surface area contributed by atoms with Gasteiger partial charge in [-0.1, -0.05) is 0 Å². The number of anilines is 1. The first-order chi connectivity index (χ1) is 10.5. The SMILES string of the molecule is Nc1ncnc2c1ncn2[C@@H]1O[C@H](COC(=O)O)[C@@H](O)[C@H]1O. The first-order valence-corrected chi connectivity index (χ1v) is 6.29. The fraction of sp³-hybridized carbons (Fsp3) is 0.455. The highest BCUT2D eigenvalue weighted by Crippen LogP contribution is 2.32. The number of imidazole rings is 1. The maximum atomic E-state index is 10.4. The van der Waals surface area contributed by atoms with Crippen molar-refractivity contribution in [3.63, 3.8) is 0 Å². The highest BCUT2D eigenvalue weighted by molar-refractivity contribution is 5.81. The van der Waals surface area contributed by atoms with E-state index in [1.165, 1.54) is 17.2 Å². The van der Waals surface area contributed by atoms with E-state index in [4.69, 9.17) is 15.6 Å². The zero-order valence-corrected chi connectivity index (χ0v) is 11.1. The molecule has 3 rings (SSSR count). The van der Waals surface area contributed by atoms with Gasteiger partial charge in [0.05, 0.1) is 6.33 Å². The van der Waals surface area contributed by atoms with E-state index in [1.54, 1.807) is 0 Å². The molecule has 0 unspecified atom stereocenters. The molecule has 11 heteroatoms.